The number of methoxy groups -OCH3 is 1. The number of amides is 1. The molecule has 0 aliphatic carbocycles. The maximum absolute atomic E-state index is 12.1. The molecule has 2 rings (SSSR count). The SMILES string of the molecule is COc1ccc(C(=O)NC(=S)Nc2cc(C)c(O)c(C(=O)O)c2)cc1. The summed E-state index contributed by atoms with van der Waals surface area (Å²) in [6.07, 6.45) is 0. The summed E-state index contributed by atoms with van der Waals surface area (Å²) in [7, 11) is 1.53. The van der Waals surface area contributed by atoms with Crippen molar-refractivity contribution in [2.24, 2.45) is 0 Å². The molecule has 0 aromatic heterocycles. The zero-order valence-electron chi connectivity index (χ0n) is 13.5. The largest absolute Gasteiger partial charge is 0.507 e. The molecule has 2 aromatic carbocycles. The van der Waals surface area contributed by atoms with E-state index in [1.165, 1.54) is 19.2 Å². The van der Waals surface area contributed by atoms with Crippen molar-refractivity contribution in [3.63, 3.8) is 0 Å². The second-order valence-electron chi connectivity index (χ2n) is 5.13. The van der Waals surface area contributed by atoms with Crippen LogP contribution < -0.4 is 15.4 Å². The van der Waals surface area contributed by atoms with Gasteiger partial charge in [0.25, 0.3) is 5.91 Å². The number of aryl methyl sites for hydroxylation is 1. The Kier molecular flexibility index (Phi) is 5.56. The average Bonchev–Trinajstić information content (AvgIpc) is 2.57. The first-order valence-corrected chi connectivity index (χ1v) is 7.56. The Morgan fingerprint density at radius 1 is 1.16 bits per heavy atom. The van der Waals surface area contributed by atoms with E-state index >= 15 is 0 Å². The summed E-state index contributed by atoms with van der Waals surface area (Å²) in [5.74, 6) is -1.38. The first kappa shape index (κ1) is 18.2. The Labute approximate surface area is 149 Å². The molecule has 2 aromatic rings. The molecular weight excluding hydrogens is 344 g/mol. The third kappa shape index (κ3) is 4.45. The van der Waals surface area contributed by atoms with Crippen LogP contribution in [0.4, 0.5) is 5.69 Å². The molecule has 4 N–H and O–H groups in total. The average molecular weight is 360 g/mol. The number of rotatable bonds is 4. The molecule has 0 radical (unpaired) electrons. The molecule has 8 heteroatoms. The summed E-state index contributed by atoms with van der Waals surface area (Å²) in [4.78, 5) is 23.3. The van der Waals surface area contributed by atoms with Crippen molar-refractivity contribution in [1.29, 1.82) is 0 Å². The van der Waals surface area contributed by atoms with Crippen LogP contribution >= 0.6 is 12.2 Å². The number of anilines is 1. The quantitative estimate of drug-likeness (QED) is 0.490. The van der Waals surface area contributed by atoms with Crippen LogP contribution in [0.25, 0.3) is 0 Å². The van der Waals surface area contributed by atoms with Gasteiger partial charge in [-0.3, -0.25) is 10.1 Å². The van der Waals surface area contributed by atoms with Gasteiger partial charge in [-0.15, -0.1) is 0 Å². The summed E-state index contributed by atoms with van der Waals surface area (Å²) in [5.41, 5.74) is 0.837. The van der Waals surface area contributed by atoms with Gasteiger partial charge in [-0.1, -0.05) is 0 Å². The van der Waals surface area contributed by atoms with Crippen molar-refractivity contribution in [2.45, 2.75) is 6.92 Å². The van der Waals surface area contributed by atoms with Gasteiger partial charge in [0, 0.05) is 11.3 Å². The Morgan fingerprint density at radius 3 is 2.36 bits per heavy atom. The van der Waals surface area contributed by atoms with Gasteiger partial charge in [-0.05, 0) is 61.1 Å². The van der Waals surface area contributed by atoms with Crippen LogP contribution in [0.2, 0.25) is 0 Å². The summed E-state index contributed by atoms with van der Waals surface area (Å²) in [5, 5.41) is 24.1. The molecule has 0 saturated heterocycles. The summed E-state index contributed by atoms with van der Waals surface area (Å²) in [6.45, 7) is 1.56. The number of carbonyl (C=O) groups excluding carboxylic acids is 1. The van der Waals surface area contributed by atoms with E-state index in [1.807, 2.05) is 0 Å². The fourth-order valence-corrected chi connectivity index (χ4v) is 2.31. The van der Waals surface area contributed by atoms with Crippen molar-refractivity contribution in [1.82, 2.24) is 5.32 Å². The van der Waals surface area contributed by atoms with Crippen LogP contribution in [-0.2, 0) is 0 Å². The van der Waals surface area contributed by atoms with Crippen molar-refractivity contribution < 1.29 is 24.5 Å². The minimum atomic E-state index is -1.27. The van der Waals surface area contributed by atoms with E-state index in [0.717, 1.165) is 0 Å². The zero-order valence-corrected chi connectivity index (χ0v) is 14.3. The van der Waals surface area contributed by atoms with Gasteiger partial charge in [0.2, 0.25) is 0 Å². The topological polar surface area (TPSA) is 108 Å². The molecule has 0 aliphatic heterocycles. The number of hydrogen-bond donors (Lipinski definition) is 4. The first-order valence-electron chi connectivity index (χ1n) is 7.15. The number of hydrogen-bond acceptors (Lipinski definition) is 5. The standard InChI is InChI=1S/C17H16N2O5S/c1-9-7-11(8-13(14(9)20)16(22)23)18-17(25)19-15(21)10-3-5-12(24-2)6-4-10/h3-8,20H,1-2H3,(H,22,23)(H2,18,19,21,25). The molecule has 0 atom stereocenters. The Hall–Kier alpha value is -3.13. The van der Waals surface area contributed by atoms with Crippen molar-refractivity contribution in [2.75, 3.05) is 12.4 Å². The highest BCUT2D eigenvalue weighted by Gasteiger charge is 2.14. The normalized spacial score (nSPS) is 10.0. The van der Waals surface area contributed by atoms with E-state index < -0.39 is 11.9 Å². The second-order valence-corrected chi connectivity index (χ2v) is 5.54. The Morgan fingerprint density at radius 2 is 1.80 bits per heavy atom. The number of nitrogens with one attached hydrogen (secondary N) is 2. The van der Waals surface area contributed by atoms with Crippen LogP contribution in [0, 0.1) is 6.92 Å². The third-order valence-electron chi connectivity index (χ3n) is 3.37. The highest BCUT2D eigenvalue weighted by atomic mass is 32.1. The van der Waals surface area contributed by atoms with E-state index in [0.29, 0.717) is 22.6 Å². The number of aromatic hydroxyl groups is 1. The van der Waals surface area contributed by atoms with Gasteiger partial charge in [-0.25, -0.2) is 4.79 Å². The smallest absolute Gasteiger partial charge is 0.339 e. The fraction of sp³-hybridized carbons (Fsp3) is 0.118. The first-order chi connectivity index (χ1) is 11.8. The predicted octanol–water partition coefficient (Wildman–Crippen LogP) is 2.53. The van der Waals surface area contributed by atoms with E-state index in [-0.39, 0.29) is 16.4 Å². The highest BCUT2D eigenvalue weighted by Crippen LogP contribution is 2.26. The molecule has 0 bridgehead atoms. The number of ether oxygens (including phenoxy) is 1. The number of benzene rings is 2. The van der Waals surface area contributed by atoms with E-state index in [2.05, 4.69) is 10.6 Å². The molecule has 1 amide bonds. The second kappa shape index (κ2) is 7.63. The molecular formula is C17H16N2O5S. The van der Waals surface area contributed by atoms with Gasteiger partial charge in [0.1, 0.15) is 17.1 Å². The number of carboxylic acid groups (broad SMARTS) is 1. The van der Waals surface area contributed by atoms with Crippen molar-refractivity contribution in [3.05, 3.63) is 53.1 Å². The molecule has 0 unspecified atom stereocenters. The molecule has 0 spiro atoms. The molecule has 0 saturated carbocycles. The number of carbonyl (C=O) groups is 2. The number of thiocarbonyl (C=S) groups is 1. The summed E-state index contributed by atoms with van der Waals surface area (Å²) in [6, 6.07) is 9.22. The number of carboxylic acids is 1. The predicted molar refractivity (Wildman–Crippen MR) is 96.5 cm³/mol. The Balaban J connectivity index is 2.09. The van der Waals surface area contributed by atoms with Crippen molar-refractivity contribution in [3.8, 4) is 11.5 Å². The molecule has 0 aliphatic rings. The maximum Gasteiger partial charge on any atom is 0.339 e. The van der Waals surface area contributed by atoms with E-state index in [1.54, 1.807) is 31.2 Å². The molecule has 7 nitrogen and oxygen atoms in total. The third-order valence-corrected chi connectivity index (χ3v) is 3.57. The van der Waals surface area contributed by atoms with Crippen molar-refractivity contribution >= 4 is 34.9 Å². The van der Waals surface area contributed by atoms with Crippen LogP contribution in [0.15, 0.2) is 36.4 Å². The van der Waals surface area contributed by atoms with Crippen LogP contribution in [0.5, 0.6) is 11.5 Å². The molecule has 25 heavy (non-hydrogen) atoms. The summed E-state index contributed by atoms with van der Waals surface area (Å²) < 4.78 is 5.02. The molecule has 0 fully saturated rings. The van der Waals surface area contributed by atoms with Crippen LogP contribution in [0.1, 0.15) is 26.3 Å². The number of aromatic carboxylic acids is 1. The monoisotopic (exact) mass is 360 g/mol. The van der Waals surface area contributed by atoms with E-state index in [9.17, 15) is 14.7 Å². The summed E-state index contributed by atoms with van der Waals surface area (Å²) >= 11 is 5.07. The van der Waals surface area contributed by atoms with Gasteiger partial charge >= 0.3 is 5.97 Å². The lowest BCUT2D eigenvalue weighted by atomic mass is 10.1. The zero-order chi connectivity index (χ0) is 18.6. The van der Waals surface area contributed by atoms with Gasteiger partial charge in [0.15, 0.2) is 5.11 Å². The highest BCUT2D eigenvalue weighted by molar-refractivity contribution is 7.80. The maximum atomic E-state index is 12.1. The lowest BCUT2D eigenvalue weighted by Gasteiger charge is -2.12. The molecule has 0 heterocycles. The van der Waals surface area contributed by atoms with E-state index in [4.69, 9.17) is 22.1 Å². The van der Waals surface area contributed by atoms with Gasteiger partial charge in [-0.2, -0.15) is 0 Å². The lowest BCUT2D eigenvalue weighted by Crippen LogP contribution is -2.34. The Bertz CT molecular complexity index is 834. The minimum absolute atomic E-state index is 0.00208. The van der Waals surface area contributed by atoms with Gasteiger partial charge in [0.05, 0.1) is 7.11 Å². The van der Waals surface area contributed by atoms with Crippen LogP contribution in [0.3, 0.4) is 0 Å². The van der Waals surface area contributed by atoms with Gasteiger partial charge < -0.3 is 20.3 Å². The van der Waals surface area contributed by atoms with Crippen LogP contribution in [-0.4, -0.2) is 34.3 Å². The fourth-order valence-electron chi connectivity index (χ4n) is 2.09. The molecule has 130 valence electrons. The number of phenols is 1. The minimum Gasteiger partial charge on any atom is -0.507 e. The lowest BCUT2D eigenvalue weighted by molar-refractivity contribution is 0.0693.